The highest BCUT2D eigenvalue weighted by atomic mass is 35.5. The average molecular weight is 597 g/mol. The molecule has 2 N–H and O–H groups in total. The summed E-state index contributed by atoms with van der Waals surface area (Å²) >= 11 is 13.3. The maximum Gasteiger partial charge on any atom is 0.412 e. The van der Waals surface area contributed by atoms with E-state index in [-0.39, 0.29) is 26.4 Å². The van der Waals surface area contributed by atoms with Crippen LogP contribution in [0.25, 0.3) is 0 Å². The van der Waals surface area contributed by atoms with E-state index in [4.69, 9.17) is 37.5 Å². The fourth-order valence-electron chi connectivity index (χ4n) is 3.44. The lowest BCUT2D eigenvalue weighted by Gasteiger charge is -2.23. The Bertz CT molecular complexity index is 1360. The highest BCUT2D eigenvalue weighted by Crippen LogP contribution is 2.29. The minimum atomic E-state index is -4.29. The number of amides is 1. The van der Waals surface area contributed by atoms with Crippen molar-refractivity contribution in [3.05, 3.63) is 87.6 Å². The number of allylic oxidation sites excluding steroid dienone is 1. The summed E-state index contributed by atoms with van der Waals surface area (Å²) in [5.41, 5.74) is 1.53. The lowest BCUT2D eigenvalue weighted by atomic mass is 9.91. The van der Waals surface area contributed by atoms with Crippen LogP contribution < -0.4 is 5.32 Å². The highest BCUT2D eigenvalue weighted by molar-refractivity contribution is 8.13. The number of halogens is 2. The molecule has 12 heteroatoms. The van der Waals surface area contributed by atoms with Gasteiger partial charge < -0.3 is 14.3 Å². The molecule has 2 aromatic rings. The van der Waals surface area contributed by atoms with Crippen molar-refractivity contribution in [2.75, 3.05) is 12.9 Å². The smallest absolute Gasteiger partial charge is 0.412 e. The number of hydrogen-bond donors (Lipinski definition) is 2. The molecule has 0 bridgehead atoms. The van der Waals surface area contributed by atoms with E-state index in [1.54, 1.807) is 6.08 Å². The minimum absolute atomic E-state index is 0.00647. The minimum Gasteiger partial charge on any atom is -0.453 e. The van der Waals surface area contributed by atoms with E-state index in [0.29, 0.717) is 22.9 Å². The van der Waals surface area contributed by atoms with Gasteiger partial charge in [0.25, 0.3) is 0 Å². The van der Waals surface area contributed by atoms with Crippen LogP contribution in [0, 0.1) is 5.41 Å². The Balaban J connectivity index is 1.98. The number of methoxy groups -OCH3 is 1. The number of thioether (sulfide) groups is 1. The summed E-state index contributed by atoms with van der Waals surface area (Å²) in [6.45, 7) is 2.06. The van der Waals surface area contributed by atoms with Crippen LogP contribution in [0.2, 0.25) is 10.0 Å². The second kappa shape index (κ2) is 13.8. The van der Waals surface area contributed by atoms with Crippen molar-refractivity contribution in [3.8, 4) is 0 Å². The second-order valence-electron chi connectivity index (χ2n) is 8.18. The molecule has 1 amide bonds. The number of nitrogens with one attached hydrogen (secondary N) is 2. The van der Waals surface area contributed by atoms with Crippen LogP contribution in [0.3, 0.4) is 0 Å². The summed E-state index contributed by atoms with van der Waals surface area (Å²) in [5.74, 6) is 0.659. The van der Waals surface area contributed by atoms with Crippen molar-refractivity contribution in [1.82, 2.24) is 5.32 Å². The largest absolute Gasteiger partial charge is 0.453 e. The maximum absolute atomic E-state index is 13.0. The molecule has 0 fully saturated rings. The summed E-state index contributed by atoms with van der Waals surface area (Å²) in [5, 5.41) is 11.9. The SMILES string of the molecule is CCCCSC(=NC1C(=N)C=C(OS(=O)(=O)c2cc(Cl)cc(Cl)c2)C=C1Cc1ccccc1)NC(=O)OC. The molecule has 0 radical (unpaired) electrons. The first-order chi connectivity index (χ1) is 18.1. The van der Waals surface area contributed by atoms with Crippen molar-refractivity contribution in [1.29, 1.82) is 5.41 Å². The third-order valence-electron chi connectivity index (χ3n) is 5.23. The molecular formula is C26H27Cl2N3O5S2. The number of aliphatic imine (C=N–C) groups is 1. The molecule has 1 aliphatic carbocycles. The number of benzene rings is 2. The number of unbranched alkanes of at least 4 members (excludes halogenated alkanes) is 1. The quantitative estimate of drug-likeness (QED) is 0.150. The predicted octanol–water partition coefficient (Wildman–Crippen LogP) is 6.40. The predicted molar refractivity (Wildman–Crippen MR) is 153 cm³/mol. The zero-order chi connectivity index (χ0) is 27.7. The van der Waals surface area contributed by atoms with Crippen LogP contribution in [0.4, 0.5) is 4.79 Å². The van der Waals surface area contributed by atoms with Crippen molar-refractivity contribution in [3.63, 3.8) is 0 Å². The number of carbonyl (C=O) groups is 1. The summed E-state index contributed by atoms with van der Waals surface area (Å²) < 4.78 is 36.0. The molecule has 0 aliphatic heterocycles. The summed E-state index contributed by atoms with van der Waals surface area (Å²) in [6.07, 6.45) is 4.41. The van der Waals surface area contributed by atoms with E-state index < -0.39 is 22.3 Å². The van der Waals surface area contributed by atoms with Crippen LogP contribution >= 0.6 is 35.0 Å². The Hall–Kier alpha value is -2.79. The van der Waals surface area contributed by atoms with Gasteiger partial charge in [-0.2, -0.15) is 8.42 Å². The average Bonchev–Trinajstić information content (AvgIpc) is 2.85. The number of amidine groups is 1. The van der Waals surface area contributed by atoms with Gasteiger partial charge in [0.2, 0.25) is 0 Å². The Morgan fingerprint density at radius 1 is 1.13 bits per heavy atom. The van der Waals surface area contributed by atoms with Crippen molar-refractivity contribution in [2.45, 2.75) is 37.1 Å². The van der Waals surface area contributed by atoms with Crippen molar-refractivity contribution in [2.24, 2.45) is 4.99 Å². The molecule has 0 saturated heterocycles. The number of ether oxygens (including phenoxy) is 1. The fraction of sp³-hybridized carbons (Fsp3) is 0.269. The van der Waals surface area contributed by atoms with Gasteiger partial charge in [-0.05, 0) is 48.3 Å². The third kappa shape index (κ3) is 8.62. The van der Waals surface area contributed by atoms with Gasteiger partial charge in [-0.15, -0.1) is 0 Å². The monoisotopic (exact) mass is 595 g/mol. The van der Waals surface area contributed by atoms with E-state index in [1.807, 2.05) is 30.3 Å². The van der Waals surface area contributed by atoms with Gasteiger partial charge in [0.05, 0.1) is 12.8 Å². The highest BCUT2D eigenvalue weighted by Gasteiger charge is 2.27. The van der Waals surface area contributed by atoms with Crippen molar-refractivity contribution >= 4 is 62.1 Å². The Labute approximate surface area is 236 Å². The van der Waals surface area contributed by atoms with E-state index in [9.17, 15) is 13.2 Å². The summed E-state index contributed by atoms with van der Waals surface area (Å²) in [7, 11) is -3.03. The number of hydrogen-bond acceptors (Lipinski definition) is 8. The van der Waals surface area contributed by atoms with Gasteiger partial charge in [0.15, 0.2) is 5.17 Å². The van der Waals surface area contributed by atoms with Crippen LogP contribution in [0.15, 0.2) is 81.9 Å². The number of rotatable bonds is 9. The Morgan fingerprint density at radius 2 is 1.82 bits per heavy atom. The van der Waals surface area contributed by atoms with Gasteiger partial charge in [-0.1, -0.05) is 78.6 Å². The molecule has 1 atom stereocenters. The van der Waals surface area contributed by atoms with Gasteiger partial charge in [0.1, 0.15) is 16.7 Å². The number of alkyl carbamates (subject to hydrolysis) is 1. The van der Waals surface area contributed by atoms with Gasteiger partial charge in [0, 0.05) is 21.9 Å². The standard InChI is InChI=1S/C26H27Cl2N3O5S2/c1-3-4-10-37-25(31-26(32)35-2)30-24-18(11-17-8-6-5-7-9-17)12-21(16-23(24)29)36-38(33,34)22-14-19(27)13-20(28)15-22/h5-9,12-16,24,29H,3-4,10-11H2,1-2H3,(H,30,31,32). The lowest BCUT2D eigenvalue weighted by molar-refractivity contribution is 0.177. The number of carbonyl (C=O) groups excluding carboxylic acids is 1. The van der Waals surface area contributed by atoms with Crippen LogP contribution in [0.1, 0.15) is 25.3 Å². The molecule has 2 aromatic carbocycles. The maximum atomic E-state index is 13.0. The van der Waals surface area contributed by atoms with E-state index in [2.05, 4.69) is 17.2 Å². The van der Waals surface area contributed by atoms with E-state index >= 15 is 0 Å². The molecule has 1 aliphatic rings. The van der Waals surface area contributed by atoms with E-state index in [0.717, 1.165) is 18.4 Å². The first kappa shape index (κ1) is 29.8. The molecule has 8 nitrogen and oxygen atoms in total. The molecule has 0 spiro atoms. The summed E-state index contributed by atoms with van der Waals surface area (Å²) in [6, 6.07) is 12.6. The van der Waals surface area contributed by atoms with Crippen LogP contribution in [-0.4, -0.2) is 44.3 Å². The third-order valence-corrected chi connectivity index (χ3v) is 7.87. The molecule has 0 saturated carbocycles. The van der Waals surface area contributed by atoms with Gasteiger partial charge in [-0.25, -0.2) is 9.79 Å². The summed E-state index contributed by atoms with van der Waals surface area (Å²) in [4.78, 5) is 16.4. The molecule has 3 rings (SSSR count). The fourth-order valence-corrected chi connectivity index (χ4v) is 6.04. The molecule has 0 aromatic heterocycles. The topological polar surface area (TPSA) is 118 Å². The Kier molecular flexibility index (Phi) is 10.8. The molecule has 38 heavy (non-hydrogen) atoms. The van der Waals surface area contributed by atoms with Crippen molar-refractivity contribution < 1.29 is 22.1 Å². The van der Waals surface area contributed by atoms with Crippen LogP contribution in [-0.2, 0) is 25.5 Å². The van der Waals surface area contributed by atoms with Gasteiger partial charge >= 0.3 is 16.2 Å². The second-order valence-corrected chi connectivity index (χ2v) is 11.7. The molecule has 1 unspecified atom stereocenters. The molecule has 202 valence electrons. The Morgan fingerprint density at radius 3 is 2.45 bits per heavy atom. The normalized spacial score (nSPS) is 15.9. The first-order valence-corrected chi connectivity index (χ1v) is 14.8. The molecular weight excluding hydrogens is 569 g/mol. The zero-order valence-corrected chi connectivity index (χ0v) is 23.9. The molecule has 0 heterocycles. The zero-order valence-electron chi connectivity index (χ0n) is 20.7. The van der Waals surface area contributed by atoms with Gasteiger partial charge in [-0.3, -0.25) is 5.32 Å². The van der Waals surface area contributed by atoms with E-state index in [1.165, 1.54) is 43.1 Å². The first-order valence-electron chi connectivity index (χ1n) is 11.6. The van der Waals surface area contributed by atoms with Crippen LogP contribution in [0.5, 0.6) is 0 Å². The lowest BCUT2D eigenvalue weighted by Crippen LogP contribution is -2.32. The number of nitrogens with zero attached hydrogens (tertiary/aromatic N) is 1.